The van der Waals surface area contributed by atoms with Gasteiger partial charge in [0.15, 0.2) is 0 Å². The fourth-order valence-electron chi connectivity index (χ4n) is 5.37. The summed E-state index contributed by atoms with van der Waals surface area (Å²) in [6.07, 6.45) is 7.16. The van der Waals surface area contributed by atoms with Gasteiger partial charge in [-0.1, -0.05) is 19.9 Å². The van der Waals surface area contributed by atoms with E-state index < -0.39 is 9.84 Å². The highest BCUT2D eigenvalue weighted by Crippen LogP contribution is 2.37. The monoisotopic (exact) mass is 524 g/mol. The van der Waals surface area contributed by atoms with E-state index >= 15 is 0 Å². The Morgan fingerprint density at radius 2 is 1.86 bits per heavy atom. The molecule has 0 amide bonds. The molecule has 3 aromatic rings. The number of hydrogen-bond acceptors (Lipinski definition) is 9. The molecule has 2 aliphatic rings. The molecular weight excluding hydrogens is 488 g/mol. The molecule has 4 heterocycles. The minimum absolute atomic E-state index is 0.170. The van der Waals surface area contributed by atoms with Gasteiger partial charge in [0.2, 0.25) is 5.95 Å². The van der Waals surface area contributed by atoms with Gasteiger partial charge in [-0.25, -0.2) is 18.4 Å². The average molecular weight is 525 g/mol. The lowest BCUT2D eigenvalue weighted by molar-refractivity contribution is 0.161. The van der Waals surface area contributed by atoms with E-state index in [0.717, 1.165) is 61.9 Å². The zero-order chi connectivity index (χ0) is 26.2. The van der Waals surface area contributed by atoms with E-state index in [-0.39, 0.29) is 17.8 Å². The fraction of sp³-hybridized carbons (Fsp3) is 0.519. The molecule has 9 nitrogen and oxygen atoms in total. The first kappa shape index (κ1) is 25.7. The molecule has 10 heteroatoms. The lowest BCUT2D eigenvalue weighted by atomic mass is 9.93. The smallest absolute Gasteiger partial charge is 0.227 e. The average Bonchev–Trinajstić information content (AvgIpc) is 3.04. The normalized spacial score (nSPS) is 19.2. The molecule has 0 saturated carbocycles. The van der Waals surface area contributed by atoms with Gasteiger partial charge < -0.3 is 20.2 Å². The van der Waals surface area contributed by atoms with Gasteiger partial charge in [-0.2, -0.15) is 4.98 Å². The number of anilines is 4. The van der Waals surface area contributed by atoms with Gasteiger partial charge >= 0.3 is 0 Å². The van der Waals surface area contributed by atoms with Gasteiger partial charge in [0.1, 0.15) is 21.5 Å². The molecule has 2 aliphatic heterocycles. The van der Waals surface area contributed by atoms with Crippen molar-refractivity contribution in [3.63, 3.8) is 0 Å². The number of aliphatic hydroxyl groups is 1. The zero-order valence-electron chi connectivity index (χ0n) is 21.8. The van der Waals surface area contributed by atoms with Crippen LogP contribution >= 0.6 is 0 Å². The van der Waals surface area contributed by atoms with Crippen LogP contribution in [0.4, 0.5) is 23.3 Å². The van der Waals surface area contributed by atoms with Crippen molar-refractivity contribution in [2.75, 3.05) is 53.3 Å². The quantitative estimate of drug-likeness (QED) is 0.477. The molecular formula is C27H36N6O3S. The van der Waals surface area contributed by atoms with Crippen molar-refractivity contribution in [3.05, 3.63) is 42.2 Å². The first-order chi connectivity index (χ1) is 17.7. The molecule has 0 spiro atoms. The summed E-state index contributed by atoms with van der Waals surface area (Å²) in [5.41, 5.74) is 2.33. The fourth-order valence-corrected chi connectivity index (χ4v) is 6.44. The summed E-state index contributed by atoms with van der Waals surface area (Å²) in [5, 5.41) is 15.5. The molecule has 2 aromatic heterocycles. The number of rotatable bonds is 7. The van der Waals surface area contributed by atoms with Crippen LogP contribution in [0.15, 0.2) is 36.7 Å². The summed E-state index contributed by atoms with van der Waals surface area (Å²) in [7, 11) is -2.97. The number of benzene rings is 1. The lowest BCUT2D eigenvalue weighted by Gasteiger charge is -2.41. The predicted octanol–water partition coefficient (Wildman–Crippen LogP) is 3.72. The van der Waals surface area contributed by atoms with Crippen LogP contribution in [-0.4, -0.2) is 72.8 Å². The summed E-state index contributed by atoms with van der Waals surface area (Å²) in [4.78, 5) is 18.3. The molecule has 5 rings (SSSR count). The minimum atomic E-state index is -2.97. The Balaban J connectivity index is 1.39. The maximum Gasteiger partial charge on any atom is 0.227 e. The molecule has 1 atom stereocenters. The van der Waals surface area contributed by atoms with E-state index in [2.05, 4.69) is 52.1 Å². The summed E-state index contributed by atoms with van der Waals surface area (Å²) >= 11 is 0. The van der Waals surface area contributed by atoms with Crippen molar-refractivity contribution in [1.82, 2.24) is 15.0 Å². The molecule has 2 saturated heterocycles. The minimum Gasteiger partial charge on any atom is -0.393 e. The van der Waals surface area contributed by atoms with Crippen LogP contribution in [0.5, 0.6) is 0 Å². The third-order valence-electron chi connectivity index (χ3n) is 7.25. The Labute approximate surface area is 218 Å². The number of aliphatic hydroxyl groups excluding tert-OH is 1. The number of nitrogens with zero attached hydrogens (tertiary/aromatic N) is 5. The van der Waals surface area contributed by atoms with Gasteiger partial charge in [-0.05, 0) is 54.3 Å². The van der Waals surface area contributed by atoms with Crippen LogP contribution in [-0.2, 0) is 9.84 Å². The van der Waals surface area contributed by atoms with Gasteiger partial charge in [0, 0.05) is 61.8 Å². The Bertz CT molecular complexity index is 1370. The van der Waals surface area contributed by atoms with Crippen LogP contribution in [0.2, 0.25) is 0 Å². The van der Waals surface area contributed by atoms with Crippen molar-refractivity contribution in [1.29, 1.82) is 0 Å². The van der Waals surface area contributed by atoms with Crippen molar-refractivity contribution >= 4 is 43.9 Å². The number of nitrogens with one attached hydrogen (secondary N) is 1. The molecule has 0 unspecified atom stereocenters. The first-order valence-electron chi connectivity index (χ1n) is 13.0. The van der Waals surface area contributed by atoms with Gasteiger partial charge in [0.05, 0.1) is 11.9 Å². The number of pyridine rings is 1. The number of hydrogen-bond donors (Lipinski definition) is 2. The van der Waals surface area contributed by atoms with E-state index in [1.54, 1.807) is 6.20 Å². The molecule has 1 aromatic carbocycles. The van der Waals surface area contributed by atoms with Crippen LogP contribution in [0.1, 0.15) is 44.6 Å². The largest absolute Gasteiger partial charge is 0.393 e. The Morgan fingerprint density at radius 1 is 1.05 bits per heavy atom. The molecule has 0 radical (unpaired) electrons. The molecule has 37 heavy (non-hydrogen) atoms. The summed E-state index contributed by atoms with van der Waals surface area (Å²) in [6, 6.07) is 8.22. The van der Waals surface area contributed by atoms with E-state index in [1.165, 1.54) is 11.8 Å². The van der Waals surface area contributed by atoms with Crippen LogP contribution in [0.25, 0.3) is 10.8 Å². The second-order valence-electron chi connectivity index (χ2n) is 10.7. The summed E-state index contributed by atoms with van der Waals surface area (Å²) < 4.78 is 23.4. The molecule has 2 fully saturated rings. The molecule has 2 N–H and O–H groups in total. The van der Waals surface area contributed by atoms with E-state index in [0.29, 0.717) is 23.5 Å². The Morgan fingerprint density at radius 3 is 2.62 bits per heavy atom. The second kappa shape index (κ2) is 10.4. The molecule has 0 bridgehead atoms. The van der Waals surface area contributed by atoms with Crippen LogP contribution < -0.4 is 15.1 Å². The Hall–Kier alpha value is -2.98. The highest BCUT2D eigenvalue weighted by atomic mass is 32.2. The van der Waals surface area contributed by atoms with Gasteiger partial charge in [0.25, 0.3) is 0 Å². The third kappa shape index (κ3) is 5.96. The maximum atomic E-state index is 11.7. The predicted molar refractivity (Wildman–Crippen MR) is 149 cm³/mol. The lowest BCUT2D eigenvalue weighted by Crippen LogP contribution is -2.49. The summed E-state index contributed by atoms with van der Waals surface area (Å²) in [5.74, 6) is 2.78. The SMILES string of the molecule is CC(C)c1ccc(N2CC(CS(C)(=O)=O)C2)c2cnc(Nc3ccnc(N4CCC[C@@H](O)CC4)n3)cc12. The summed E-state index contributed by atoms with van der Waals surface area (Å²) in [6.45, 7) is 7.41. The molecule has 198 valence electrons. The highest BCUT2D eigenvalue weighted by Gasteiger charge is 2.31. The number of aromatic nitrogens is 3. The van der Waals surface area contributed by atoms with Crippen molar-refractivity contribution in [2.24, 2.45) is 5.92 Å². The topological polar surface area (TPSA) is 112 Å². The van der Waals surface area contributed by atoms with Crippen molar-refractivity contribution < 1.29 is 13.5 Å². The van der Waals surface area contributed by atoms with Crippen molar-refractivity contribution in [3.8, 4) is 0 Å². The third-order valence-corrected chi connectivity index (χ3v) is 8.33. The van der Waals surface area contributed by atoms with Gasteiger partial charge in [-0.3, -0.25) is 0 Å². The van der Waals surface area contributed by atoms with Crippen LogP contribution in [0, 0.1) is 5.92 Å². The standard InChI is InChI=1S/C27H36N6O3S/c1-18(2)21-6-7-24(33-15-19(16-33)17-37(3,35)36)23-14-29-26(13-22(21)23)30-25-8-10-28-27(31-25)32-11-4-5-20(34)9-12-32/h6-8,10,13-14,18-20,34H,4-5,9,11-12,15-17H2,1-3H3,(H,28,29,30,31)/t20-/m1/s1. The maximum absolute atomic E-state index is 11.7. The zero-order valence-corrected chi connectivity index (χ0v) is 22.6. The van der Waals surface area contributed by atoms with Gasteiger partial charge in [-0.15, -0.1) is 0 Å². The van der Waals surface area contributed by atoms with E-state index in [4.69, 9.17) is 9.97 Å². The van der Waals surface area contributed by atoms with Crippen molar-refractivity contribution in [2.45, 2.75) is 45.1 Å². The highest BCUT2D eigenvalue weighted by molar-refractivity contribution is 7.90. The van der Waals surface area contributed by atoms with E-state index in [9.17, 15) is 13.5 Å². The number of sulfone groups is 1. The second-order valence-corrected chi connectivity index (χ2v) is 12.9. The van der Waals surface area contributed by atoms with Crippen LogP contribution in [0.3, 0.4) is 0 Å². The number of fused-ring (bicyclic) bond motifs is 1. The first-order valence-corrected chi connectivity index (χ1v) is 15.1. The van der Waals surface area contributed by atoms with E-state index in [1.807, 2.05) is 12.3 Å². The molecule has 0 aliphatic carbocycles. The Kier molecular flexibility index (Phi) is 7.22.